The lowest BCUT2D eigenvalue weighted by atomic mass is 9.97. The quantitative estimate of drug-likeness (QED) is 0.561. The van der Waals surface area contributed by atoms with E-state index in [2.05, 4.69) is 0 Å². The number of alkyl halides is 6. The van der Waals surface area contributed by atoms with Gasteiger partial charge in [0.05, 0.1) is 16.1 Å². The molecule has 2 aromatic rings. The fourth-order valence-electron chi connectivity index (χ4n) is 1.89. The average Bonchev–Trinajstić information content (AvgIpc) is 2.37. The van der Waals surface area contributed by atoms with Crippen molar-refractivity contribution in [1.82, 2.24) is 0 Å². The van der Waals surface area contributed by atoms with Gasteiger partial charge in [0.15, 0.2) is 0 Å². The molecule has 2 aromatic carbocycles. The lowest BCUT2D eigenvalue weighted by Crippen LogP contribution is -2.08. The molecule has 0 aliphatic carbocycles. The van der Waals surface area contributed by atoms with Gasteiger partial charge in [-0.2, -0.15) is 26.3 Å². The first kappa shape index (κ1) is 15.7. The van der Waals surface area contributed by atoms with Crippen molar-refractivity contribution in [2.45, 2.75) is 12.4 Å². The minimum atomic E-state index is -4.74. The normalized spacial score (nSPS) is 12.5. The van der Waals surface area contributed by atoms with E-state index in [1.165, 1.54) is 12.1 Å². The summed E-state index contributed by atoms with van der Waals surface area (Å²) in [6, 6.07) is 7.12. The molecule has 0 radical (unpaired) electrons. The molecule has 7 heteroatoms. The van der Waals surface area contributed by atoms with Gasteiger partial charge in [0.2, 0.25) is 0 Å². The van der Waals surface area contributed by atoms with Crippen LogP contribution in [-0.4, -0.2) is 0 Å². The summed E-state index contributed by atoms with van der Waals surface area (Å²) >= 11 is 5.46. The Balaban J connectivity index is 2.64. The third-order valence-corrected chi connectivity index (χ3v) is 3.14. The minimum Gasteiger partial charge on any atom is -0.166 e. The highest BCUT2D eigenvalue weighted by atomic mass is 35.5. The molecule has 0 aromatic heterocycles. The number of hydrogen-bond acceptors (Lipinski definition) is 0. The fraction of sp³-hybridized carbons (Fsp3) is 0.143. The Bertz CT molecular complexity index is 657. The third-order valence-electron chi connectivity index (χ3n) is 2.82. The molecule has 0 amide bonds. The van der Waals surface area contributed by atoms with Crippen LogP contribution in [0, 0.1) is 0 Å². The summed E-state index contributed by atoms with van der Waals surface area (Å²) in [5.41, 5.74) is -2.69. The van der Waals surface area contributed by atoms with Crippen molar-refractivity contribution in [3.05, 3.63) is 58.6 Å². The Kier molecular flexibility index (Phi) is 3.93. The van der Waals surface area contributed by atoms with E-state index in [4.69, 9.17) is 11.6 Å². The van der Waals surface area contributed by atoms with E-state index < -0.39 is 28.5 Å². The van der Waals surface area contributed by atoms with Gasteiger partial charge in [-0.05, 0) is 29.3 Å². The molecular formula is C14H7ClF6. The Morgan fingerprint density at radius 3 is 1.86 bits per heavy atom. The molecule has 0 saturated carbocycles. The van der Waals surface area contributed by atoms with Crippen LogP contribution in [0.5, 0.6) is 0 Å². The molecule has 2 rings (SSSR count). The van der Waals surface area contributed by atoms with Crippen molar-refractivity contribution in [3.8, 4) is 11.1 Å². The van der Waals surface area contributed by atoms with Crippen LogP contribution in [0.2, 0.25) is 5.02 Å². The van der Waals surface area contributed by atoms with E-state index in [0.29, 0.717) is 6.07 Å². The van der Waals surface area contributed by atoms with E-state index >= 15 is 0 Å². The maximum absolute atomic E-state index is 12.9. The van der Waals surface area contributed by atoms with Gasteiger partial charge in [0.25, 0.3) is 0 Å². The van der Waals surface area contributed by atoms with E-state index in [1.54, 1.807) is 0 Å². The van der Waals surface area contributed by atoms with Crippen LogP contribution in [0.25, 0.3) is 11.1 Å². The van der Waals surface area contributed by atoms with E-state index in [-0.39, 0.29) is 11.1 Å². The molecule has 21 heavy (non-hydrogen) atoms. The summed E-state index contributed by atoms with van der Waals surface area (Å²) < 4.78 is 77.0. The average molecular weight is 325 g/mol. The van der Waals surface area contributed by atoms with Crippen molar-refractivity contribution >= 4 is 11.6 Å². The largest absolute Gasteiger partial charge is 0.417 e. The van der Waals surface area contributed by atoms with Crippen LogP contribution in [0.15, 0.2) is 42.5 Å². The maximum atomic E-state index is 12.9. The number of hydrogen-bond donors (Lipinski definition) is 0. The van der Waals surface area contributed by atoms with Gasteiger partial charge in [-0.3, -0.25) is 0 Å². The Morgan fingerprint density at radius 1 is 0.714 bits per heavy atom. The van der Waals surface area contributed by atoms with Crippen molar-refractivity contribution in [2.24, 2.45) is 0 Å². The number of halogens is 7. The highest BCUT2D eigenvalue weighted by Gasteiger charge is 2.36. The molecule has 0 nitrogen and oxygen atoms in total. The minimum absolute atomic E-state index is 0.195. The molecule has 0 aliphatic rings. The molecule has 112 valence electrons. The van der Waals surface area contributed by atoms with Crippen LogP contribution in [-0.2, 0) is 12.4 Å². The first-order valence-corrected chi connectivity index (χ1v) is 6.02. The standard InChI is InChI=1S/C14H7ClF6/c15-12-6-5-8(7-11(12)14(19,20)21)9-3-1-2-4-10(9)13(16,17)18/h1-7H. The Hall–Kier alpha value is -1.69. The lowest BCUT2D eigenvalue weighted by Gasteiger charge is -2.15. The van der Waals surface area contributed by atoms with Crippen LogP contribution < -0.4 is 0 Å². The van der Waals surface area contributed by atoms with Crippen molar-refractivity contribution in [1.29, 1.82) is 0 Å². The van der Waals surface area contributed by atoms with Gasteiger partial charge in [-0.25, -0.2) is 0 Å². The highest BCUT2D eigenvalue weighted by molar-refractivity contribution is 6.31. The number of rotatable bonds is 1. The molecule has 0 unspecified atom stereocenters. The summed E-state index contributed by atoms with van der Waals surface area (Å²) in [6.07, 6.45) is -9.39. The first-order chi connectivity index (χ1) is 9.60. The van der Waals surface area contributed by atoms with Gasteiger partial charge >= 0.3 is 12.4 Å². The summed E-state index contributed by atoms with van der Waals surface area (Å²) in [5.74, 6) is 0. The highest BCUT2D eigenvalue weighted by Crippen LogP contribution is 2.40. The van der Waals surface area contributed by atoms with Crippen LogP contribution in [0.3, 0.4) is 0 Å². The van der Waals surface area contributed by atoms with Gasteiger partial charge in [0, 0.05) is 0 Å². The molecule has 0 bridgehead atoms. The predicted molar refractivity (Wildman–Crippen MR) is 66.9 cm³/mol. The van der Waals surface area contributed by atoms with Crippen LogP contribution in [0.1, 0.15) is 11.1 Å². The van der Waals surface area contributed by atoms with E-state index in [9.17, 15) is 26.3 Å². The maximum Gasteiger partial charge on any atom is 0.417 e. The number of benzene rings is 2. The predicted octanol–water partition coefficient (Wildman–Crippen LogP) is 6.04. The molecule has 0 saturated heterocycles. The monoisotopic (exact) mass is 324 g/mol. The van der Waals surface area contributed by atoms with Gasteiger partial charge in [0.1, 0.15) is 0 Å². The van der Waals surface area contributed by atoms with E-state index in [0.717, 1.165) is 24.3 Å². The summed E-state index contributed by atoms with van der Waals surface area (Å²) in [4.78, 5) is 0. The van der Waals surface area contributed by atoms with Gasteiger partial charge in [-0.15, -0.1) is 0 Å². The second-order valence-corrected chi connectivity index (χ2v) is 4.64. The molecule has 0 N–H and O–H groups in total. The van der Waals surface area contributed by atoms with Crippen molar-refractivity contribution < 1.29 is 26.3 Å². The smallest absolute Gasteiger partial charge is 0.166 e. The molecule has 0 atom stereocenters. The van der Waals surface area contributed by atoms with Crippen molar-refractivity contribution in [2.75, 3.05) is 0 Å². The zero-order valence-electron chi connectivity index (χ0n) is 10.2. The molecule has 0 heterocycles. The fourth-order valence-corrected chi connectivity index (χ4v) is 2.12. The summed E-state index contributed by atoms with van der Waals surface area (Å²) in [5, 5.41) is -0.560. The second-order valence-electron chi connectivity index (χ2n) is 4.24. The Morgan fingerprint density at radius 2 is 1.29 bits per heavy atom. The molecule has 0 aliphatic heterocycles. The van der Waals surface area contributed by atoms with Crippen LogP contribution >= 0.6 is 11.6 Å². The summed E-state index contributed by atoms with van der Waals surface area (Å²) in [7, 11) is 0. The SMILES string of the molecule is FC(F)(F)c1cc(-c2ccccc2C(F)(F)F)ccc1Cl. The Labute approximate surface area is 121 Å². The topological polar surface area (TPSA) is 0 Å². The van der Waals surface area contributed by atoms with Crippen LogP contribution in [0.4, 0.5) is 26.3 Å². The molecule has 0 spiro atoms. The first-order valence-electron chi connectivity index (χ1n) is 5.64. The molecular weight excluding hydrogens is 318 g/mol. The zero-order valence-corrected chi connectivity index (χ0v) is 10.9. The molecule has 0 fully saturated rings. The van der Waals surface area contributed by atoms with Crippen molar-refractivity contribution in [3.63, 3.8) is 0 Å². The lowest BCUT2D eigenvalue weighted by molar-refractivity contribution is -0.137. The zero-order chi connectivity index (χ0) is 15.8. The van der Waals surface area contributed by atoms with Gasteiger partial charge < -0.3 is 0 Å². The van der Waals surface area contributed by atoms with Gasteiger partial charge in [-0.1, -0.05) is 35.9 Å². The van der Waals surface area contributed by atoms with E-state index in [1.807, 2.05) is 0 Å². The second kappa shape index (κ2) is 5.26. The summed E-state index contributed by atoms with van der Waals surface area (Å²) in [6.45, 7) is 0. The third kappa shape index (κ3) is 3.32.